The SMILES string of the molecule is COc1ccc(NC(=O)NC2OC(=O)c3c2ccc(OC)c3OC)cc1. The van der Waals surface area contributed by atoms with Crippen molar-refractivity contribution in [3.63, 3.8) is 0 Å². The summed E-state index contributed by atoms with van der Waals surface area (Å²) < 4.78 is 20.8. The number of amides is 2. The first-order valence-corrected chi connectivity index (χ1v) is 7.74. The van der Waals surface area contributed by atoms with E-state index in [1.54, 1.807) is 43.5 Å². The molecule has 2 amide bonds. The third-order valence-electron chi connectivity index (χ3n) is 3.90. The standard InChI is InChI=1S/C18H18N2O6/c1-23-11-6-4-10(5-7-11)19-18(22)20-16-12-8-9-13(24-2)15(25-3)14(12)17(21)26-16/h4-9,16H,1-3H3,(H2,19,20,22). The van der Waals surface area contributed by atoms with Crippen LogP contribution < -0.4 is 24.8 Å². The van der Waals surface area contributed by atoms with Crippen LogP contribution in [0.4, 0.5) is 10.5 Å². The molecule has 136 valence electrons. The fourth-order valence-electron chi connectivity index (χ4n) is 2.67. The number of rotatable bonds is 5. The summed E-state index contributed by atoms with van der Waals surface area (Å²) >= 11 is 0. The molecule has 1 aliphatic heterocycles. The highest BCUT2D eigenvalue weighted by Gasteiger charge is 2.36. The van der Waals surface area contributed by atoms with Crippen LogP contribution in [0.5, 0.6) is 17.2 Å². The van der Waals surface area contributed by atoms with Gasteiger partial charge in [0.25, 0.3) is 0 Å². The van der Waals surface area contributed by atoms with Gasteiger partial charge in [0, 0.05) is 11.3 Å². The van der Waals surface area contributed by atoms with Crippen LogP contribution in [0.1, 0.15) is 22.1 Å². The van der Waals surface area contributed by atoms with Gasteiger partial charge in [-0.3, -0.25) is 5.32 Å². The second kappa shape index (κ2) is 7.22. The zero-order valence-electron chi connectivity index (χ0n) is 14.5. The van der Waals surface area contributed by atoms with Crippen molar-refractivity contribution in [1.29, 1.82) is 0 Å². The highest BCUT2D eigenvalue weighted by atomic mass is 16.6. The summed E-state index contributed by atoms with van der Waals surface area (Å²) in [5.74, 6) is 0.766. The number of hydrogen-bond acceptors (Lipinski definition) is 6. The molecule has 0 saturated heterocycles. The number of carbonyl (C=O) groups excluding carboxylic acids is 2. The first-order chi connectivity index (χ1) is 12.6. The molecule has 3 rings (SSSR count). The van der Waals surface area contributed by atoms with Crippen LogP contribution in [0.2, 0.25) is 0 Å². The molecule has 0 fully saturated rings. The molecule has 26 heavy (non-hydrogen) atoms. The van der Waals surface area contributed by atoms with Crippen molar-refractivity contribution in [3.8, 4) is 17.2 Å². The number of carbonyl (C=O) groups is 2. The number of benzene rings is 2. The van der Waals surface area contributed by atoms with Gasteiger partial charge in [-0.2, -0.15) is 0 Å². The lowest BCUT2D eigenvalue weighted by Crippen LogP contribution is -2.32. The number of methoxy groups -OCH3 is 3. The van der Waals surface area contributed by atoms with Crippen LogP contribution in [-0.4, -0.2) is 33.3 Å². The third kappa shape index (κ3) is 3.21. The summed E-state index contributed by atoms with van der Waals surface area (Å²) in [6.45, 7) is 0. The quantitative estimate of drug-likeness (QED) is 0.798. The lowest BCUT2D eigenvalue weighted by atomic mass is 10.1. The van der Waals surface area contributed by atoms with E-state index in [0.29, 0.717) is 22.7 Å². The van der Waals surface area contributed by atoms with Gasteiger partial charge in [-0.1, -0.05) is 0 Å². The van der Waals surface area contributed by atoms with Gasteiger partial charge in [-0.05, 0) is 36.4 Å². The normalized spacial score (nSPS) is 14.9. The summed E-state index contributed by atoms with van der Waals surface area (Å²) in [7, 11) is 4.47. The molecule has 0 radical (unpaired) electrons. The lowest BCUT2D eigenvalue weighted by Gasteiger charge is -2.14. The maximum Gasteiger partial charge on any atom is 0.344 e. The van der Waals surface area contributed by atoms with Crippen molar-refractivity contribution in [2.75, 3.05) is 26.6 Å². The highest BCUT2D eigenvalue weighted by Crippen LogP contribution is 2.40. The van der Waals surface area contributed by atoms with Gasteiger partial charge in [0.05, 0.1) is 21.3 Å². The number of ether oxygens (including phenoxy) is 4. The molecule has 8 nitrogen and oxygen atoms in total. The number of urea groups is 1. The fourth-order valence-corrected chi connectivity index (χ4v) is 2.67. The Morgan fingerprint density at radius 3 is 2.35 bits per heavy atom. The molecule has 2 aromatic carbocycles. The molecule has 1 heterocycles. The average molecular weight is 358 g/mol. The molecule has 0 aromatic heterocycles. The topological polar surface area (TPSA) is 95.1 Å². The molecule has 0 bridgehead atoms. The summed E-state index contributed by atoms with van der Waals surface area (Å²) in [6.07, 6.45) is -0.921. The maximum atomic E-state index is 12.2. The van der Waals surface area contributed by atoms with Crippen molar-refractivity contribution in [2.24, 2.45) is 0 Å². The predicted molar refractivity (Wildman–Crippen MR) is 92.9 cm³/mol. The molecule has 0 spiro atoms. The second-order valence-electron chi connectivity index (χ2n) is 5.38. The van der Waals surface area contributed by atoms with E-state index < -0.39 is 18.2 Å². The fraction of sp³-hybridized carbons (Fsp3) is 0.222. The Bertz CT molecular complexity index is 834. The minimum atomic E-state index is -0.921. The largest absolute Gasteiger partial charge is 0.497 e. The van der Waals surface area contributed by atoms with Crippen LogP contribution in [-0.2, 0) is 4.74 Å². The van der Waals surface area contributed by atoms with Gasteiger partial charge in [0.15, 0.2) is 11.5 Å². The number of anilines is 1. The maximum absolute atomic E-state index is 12.2. The Morgan fingerprint density at radius 1 is 1.00 bits per heavy atom. The predicted octanol–water partition coefficient (Wildman–Crippen LogP) is 2.70. The van der Waals surface area contributed by atoms with E-state index in [2.05, 4.69) is 10.6 Å². The minimum Gasteiger partial charge on any atom is -0.497 e. The molecular formula is C18H18N2O6. The van der Waals surface area contributed by atoms with E-state index >= 15 is 0 Å². The Hall–Kier alpha value is -3.42. The first kappa shape index (κ1) is 17.4. The van der Waals surface area contributed by atoms with Crippen LogP contribution in [0.15, 0.2) is 36.4 Å². The number of nitrogens with one attached hydrogen (secondary N) is 2. The molecule has 1 aliphatic rings. The summed E-state index contributed by atoms with van der Waals surface area (Å²) in [5, 5.41) is 5.27. The van der Waals surface area contributed by atoms with Crippen molar-refractivity contribution < 1.29 is 28.5 Å². The van der Waals surface area contributed by atoms with Crippen molar-refractivity contribution >= 4 is 17.7 Å². The molecule has 1 atom stereocenters. The third-order valence-corrected chi connectivity index (χ3v) is 3.90. The van der Waals surface area contributed by atoms with Crippen LogP contribution in [0.25, 0.3) is 0 Å². The molecule has 0 aliphatic carbocycles. The Labute approximate surface area is 150 Å². The number of esters is 1. The lowest BCUT2D eigenvalue weighted by molar-refractivity contribution is 0.0340. The van der Waals surface area contributed by atoms with Crippen LogP contribution >= 0.6 is 0 Å². The highest BCUT2D eigenvalue weighted by molar-refractivity contribution is 5.99. The Morgan fingerprint density at radius 2 is 1.73 bits per heavy atom. The van der Waals surface area contributed by atoms with E-state index in [0.717, 1.165) is 0 Å². The zero-order chi connectivity index (χ0) is 18.7. The molecule has 2 N–H and O–H groups in total. The van der Waals surface area contributed by atoms with Gasteiger partial charge < -0.3 is 24.3 Å². The van der Waals surface area contributed by atoms with Crippen molar-refractivity contribution in [3.05, 3.63) is 47.5 Å². The van der Waals surface area contributed by atoms with E-state index in [-0.39, 0.29) is 11.3 Å². The van der Waals surface area contributed by atoms with E-state index in [1.165, 1.54) is 14.2 Å². The first-order valence-electron chi connectivity index (χ1n) is 7.74. The Balaban J connectivity index is 1.76. The number of cyclic esters (lactones) is 1. The molecular weight excluding hydrogens is 340 g/mol. The second-order valence-corrected chi connectivity index (χ2v) is 5.38. The van der Waals surface area contributed by atoms with Gasteiger partial charge >= 0.3 is 12.0 Å². The summed E-state index contributed by atoms with van der Waals surface area (Å²) in [4.78, 5) is 24.4. The van der Waals surface area contributed by atoms with Gasteiger partial charge in [0.1, 0.15) is 11.3 Å². The van der Waals surface area contributed by atoms with Crippen molar-refractivity contribution in [2.45, 2.75) is 6.23 Å². The van der Waals surface area contributed by atoms with Gasteiger partial charge in [0.2, 0.25) is 6.23 Å². The van der Waals surface area contributed by atoms with Crippen LogP contribution in [0.3, 0.4) is 0 Å². The van der Waals surface area contributed by atoms with Crippen LogP contribution in [0, 0.1) is 0 Å². The van der Waals surface area contributed by atoms with Gasteiger partial charge in [-0.25, -0.2) is 9.59 Å². The number of hydrogen-bond donors (Lipinski definition) is 2. The minimum absolute atomic E-state index is 0.238. The molecule has 2 aromatic rings. The molecule has 0 saturated carbocycles. The smallest absolute Gasteiger partial charge is 0.344 e. The molecule has 8 heteroatoms. The number of fused-ring (bicyclic) bond motifs is 1. The summed E-state index contributed by atoms with van der Waals surface area (Å²) in [5.41, 5.74) is 1.30. The van der Waals surface area contributed by atoms with Crippen molar-refractivity contribution in [1.82, 2.24) is 5.32 Å². The van der Waals surface area contributed by atoms with E-state index in [4.69, 9.17) is 18.9 Å². The summed E-state index contributed by atoms with van der Waals surface area (Å²) in [6, 6.07) is 9.61. The Kier molecular flexibility index (Phi) is 4.83. The van der Waals surface area contributed by atoms with E-state index in [1.807, 2.05) is 0 Å². The average Bonchev–Trinajstić information content (AvgIpc) is 2.97. The monoisotopic (exact) mass is 358 g/mol. The molecule has 1 unspecified atom stereocenters. The zero-order valence-corrected chi connectivity index (χ0v) is 14.5. The van der Waals surface area contributed by atoms with Gasteiger partial charge in [-0.15, -0.1) is 0 Å². The van der Waals surface area contributed by atoms with E-state index in [9.17, 15) is 9.59 Å².